The normalized spacial score (nSPS) is 29.1. The van der Waals surface area contributed by atoms with Gasteiger partial charge < -0.3 is 15.2 Å². The number of nitrogens with one attached hydrogen (secondary N) is 1. The molecule has 14 heavy (non-hydrogen) atoms. The van der Waals surface area contributed by atoms with Crippen molar-refractivity contribution in [3.63, 3.8) is 0 Å². The van der Waals surface area contributed by atoms with Crippen LogP contribution >= 0.6 is 0 Å². The van der Waals surface area contributed by atoms with Crippen LogP contribution in [0, 0.1) is 0 Å². The number of hydrogen-bond acceptors (Lipinski definition) is 3. The van der Waals surface area contributed by atoms with Gasteiger partial charge in [0.05, 0.1) is 6.61 Å². The van der Waals surface area contributed by atoms with E-state index in [4.69, 9.17) is 4.74 Å². The van der Waals surface area contributed by atoms with Crippen LogP contribution in [0.4, 0.5) is 5.69 Å². The molecule has 3 nitrogen and oxygen atoms in total. The van der Waals surface area contributed by atoms with E-state index in [1.165, 1.54) is 0 Å². The van der Waals surface area contributed by atoms with Crippen molar-refractivity contribution in [3.05, 3.63) is 23.8 Å². The van der Waals surface area contributed by atoms with Gasteiger partial charge in [0, 0.05) is 29.8 Å². The number of phenols is 1. The van der Waals surface area contributed by atoms with E-state index in [0.29, 0.717) is 17.7 Å². The average Bonchev–Trinajstić information content (AvgIpc) is 2.57. The smallest absolute Gasteiger partial charge is 0.121 e. The standard InChI is InChI=1S/C11H13NO2/c13-10-3-1-2-9-11(10)7-6-14-5-4-8(7)12-9/h1-3,7-8,12-13H,4-6H2. The Bertz CT molecular complexity index is 364. The Balaban J connectivity index is 2.06. The average molecular weight is 191 g/mol. The number of aromatic hydroxyl groups is 1. The molecule has 0 aliphatic carbocycles. The van der Waals surface area contributed by atoms with Crippen LogP contribution in [0.25, 0.3) is 0 Å². The molecular formula is C11H13NO2. The lowest BCUT2D eigenvalue weighted by atomic mass is 9.92. The Morgan fingerprint density at radius 3 is 3.29 bits per heavy atom. The second-order valence-corrected chi connectivity index (χ2v) is 3.96. The van der Waals surface area contributed by atoms with Crippen LogP contribution in [0.15, 0.2) is 18.2 Å². The quantitative estimate of drug-likeness (QED) is 0.655. The molecule has 0 saturated carbocycles. The van der Waals surface area contributed by atoms with Gasteiger partial charge in [-0.1, -0.05) is 6.07 Å². The predicted molar refractivity (Wildman–Crippen MR) is 53.7 cm³/mol. The molecule has 2 N–H and O–H groups in total. The lowest BCUT2D eigenvalue weighted by molar-refractivity contribution is 0.0762. The van der Waals surface area contributed by atoms with E-state index < -0.39 is 0 Å². The van der Waals surface area contributed by atoms with Crippen molar-refractivity contribution in [3.8, 4) is 5.75 Å². The van der Waals surface area contributed by atoms with Crippen LogP contribution in [-0.4, -0.2) is 24.4 Å². The third-order valence-corrected chi connectivity index (χ3v) is 3.15. The molecular weight excluding hydrogens is 178 g/mol. The molecule has 0 radical (unpaired) electrons. The van der Waals surface area contributed by atoms with E-state index in [9.17, 15) is 5.11 Å². The first kappa shape index (κ1) is 8.12. The number of fused-ring (bicyclic) bond motifs is 3. The summed E-state index contributed by atoms with van der Waals surface area (Å²) in [6.07, 6.45) is 1.03. The zero-order valence-electron chi connectivity index (χ0n) is 7.86. The van der Waals surface area contributed by atoms with Crippen molar-refractivity contribution in [2.24, 2.45) is 0 Å². The first-order valence-corrected chi connectivity index (χ1v) is 5.02. The minimum Gasteiger partial charge on any atom is -0.508 e. The number of anilines is 1. The largest absolute Gasteiger partial charge is 0.508 e. The van der Waals surface area contributed by atoms with Gasteiger partial charge in [-0.05, 0) is 18.6 Å². The summed E-state index contributed by atoms with van der Waals surface area (Å²) in [7, 11) is 0. The molecule has 2 unspecified atom stereocenters. The van der Waals surface area contributed by atoms with Crippen molar-refractivity contribution >= 4 is 5.69 Å². The summed E-state index contributed by atoms with van der Waals surface area (Å²) < 4.78 is 5.44. The highest BCUT2D eigenvalue weighted by Crippen LogP contribution is 2.43. The van der Waals surface area contributed by atoms with Crippen molar-refractivity contribution in [1.82, 2.24) is 0 Å². The summed E-state index contributed by atoms with van der Waals surface area (Å²) in [6, 6.07) is 6.09. The monoisotopic (exact) mass is 191 g/mol. The fraction of sp³-hybridized carbons (Fsp3) is 0.455. The SMILES string of the molecule is Oc1cccc2c1C1COCCC1N2. The van der Waals surface area contributed by atoms with Crippen LogP contribution in [0.3, 0.4) is 0 Å². The molecule has 2 aliphatic rings. The van der Waals surface area contributed by atoms with Crippen LogP contribution < -0.4 is 5.32 Å². The predicted octanol–water partition coefficient (Wildman–Crippen LogP) is 1.69. The van der Waals surface area contributed by atoms with Crippen LogP contribution in [0.2, 0.25) is 0 Å². The van der Waals surface area contributed by atoms with Crippen molar-refractivity contribution in [1.29, 1.82) is 0 Å². The van der Waals surface area contributed by atoms with E-state index in [0.717, 1.165) is 30.9 Å². The Morgan fingerprint density at radius 1 is 1.43 bits per heavy atom. The molecule has 0 spiro atoms. The van der Waals surface area contributed by atoms with Crippen molar-refractivity contribution in [2.45, 2.75) is 18.4 Å². The maximum atomic E-state index is 9.77. The lowest BCUT2D eigenvalue weighted by Gasteiger charge is -2.25. The Kier molecular flexibility index (Phi) is 1.67. The summed E-state index contributed by atoms with van der Waals surface area (Å²) in [5.41, 5.74) is 2.11. The maximum Gasteiger partial charge on any atom is 0.121 e. The molecule has 0 bridgehead atoms. The number of ether oxygens (including phenoxy) is 1. The van der Waals surface area contributed by atoms with Gasteiger partial charge in [-0.2, -0.15) is 0 Å². The maximum absolute atomic E-state index is 9.77. The molecule has 0 aromatic heterocycles. The highest BCUT2D eigenvalue weighted by molar-refractivity contribution is 5.64. The Morgan fingerprint density at radius 2 is 2.36 bits per heavy atom. The molecule has 3 heteroatoms. The highest BCUT2D eigenvalue weighted by Gasteiger charge is 2.36. The summed E-state index contributed by atoms with van der Waals surface area (Å²) in [5.74, 6) is 0.730. The van der Waals surface area contributed by atoms with Crippen molar-refractivity contribution in [2.75, 3.05) is 18.5 Å². The van der Waals surface area contributed by atoms with Gasteiger partial charge in [0.15, 0.2) is 0 Å². The number of rotatable bonds is 0. The minimum atomic E-state index is 0.333. The fourth-order valence-corrected chi connectivity index (χ4v) is 2.46. The third kappa shape index (κ3) is 1.02. The molecule has 2 aliphatic heterocycles. The van der Waals surface area contributed by atoms with Gasteiger partial charge in [-0.3, -0.25) is 0 Å². The van der Waals surface area contributed by atoms with Gasteiger partial charge in [0.25, 0.3) is 0 Å². The molecule has 2 heterocycles. The minimum absolute atomic E-state index is 0.333. The highest BCUT2D eigenvalue weighted by atomic mass is 16.5. The van der Waals surface area contributed by atoms with E-state index in [1.54, 1.807) is 6.07 Å². The Labute approximate surface area is 82.7 Å². The van der Waals surface area contributed by atoms with Gasteiger partial charge in [-0.25, -0.2) is 0 Å². The first-order valence-electron chi connectivity index (χ1n) is 5.02. The molecule has 74 valence electrons. The van der Waals surface area contributed by atoms with Gasteiger partial charge in [0.2, 0.25) is 0 Å². The second kappa shape index (κ2) is 2.89. The summed E-state index contributed by atoms with van der Waals surface area (Å²) in [4.78, 5) is 0. The molecule has 1 fully saturated rings. The van der Waals surface area contributed by atoms with Gasteiger partial charge in [-0.15, -0.1) is 0 Å². The lowest BCUT2D eigenvalue weighted by Crippen LogP contribution is -2.30. The van der Waals surface area contributed by atoms with Crippen molar-refractivity contribution < 1.29 is 9.84 Å². The Hall–Kier alpha value is -1.22. The fourth-order valence-electron chi connectivity index (χ4n) is 2.46. The molecule has 1 aromatic carbocycles. The number of hydrogen-bond donors (Lipinski definition) is 2. The summed E-state index contributed by atoms with van der Waals surface area (Å²) in [6.45, 7) is 1.55. The van der Waals surface area contributed by atoms with Crippen LogP contribution in [0.5, 0.6) is 5.75 Å². The van der Waals surface area contributed by atoms with Gasteiger partial charge >= 0.3 is 0 Å². The van der Waals surface area contributed by atoms with E-state index >= 15 is 0 Å². The number of phenolic OH excluding ortho intramolecular Hbond substituents is 1. The topological polar surface area (TPSA) is 41.5 Å². The summed E-state index contributed by atoms with van der Waals surface area (Å²) >= 11 is 0. The number of benzene rings is 1. The first-order chi connectivity index (χ1) is 6.86. The molecule has 0 amide bonds. The van der Waals surface area contributed by atoms with Gasteiger partial charge in [0.1, 0.15) is 5.75 Å². The van der Waals surface area contributed by atoms with E-state index in [2.05, 4.69) is 5.32 Å². The molecule has 1 saturated heterocycles. The molecule has 3 rings (SSSR count). The third-order valence-electron chi connectivity index (χ3n) is 3.15. The zero-order valence-corrected chi connectivity index (χ0v) is 7.86. The molecule has 2 atom stereocenters. The summed E-state index contributed by atoms with van der Waals surface area (Å²) in [5, 5.41) is 13.2. The molecule has 1 aromatic rings. The van der Waals surface area contributed by atoms with Crippen LogP contribution in [0.1, 0.15) is 17.9 Å². The van der Waals surface area contributed by atoms with E-state index in [1.807, 2.05) is 12.1 Å². The zero-order chi connectivity index (χ0) is 9.54. The second-order valence-electron chi connectivity index (χ2n) is 3.96. The van der Waals surface area contributed by atoms with E-state index in [-0.39, 0.29) is 0 Å². The van der Waals surface area contributed by atoms with Crippen LogP contribution in [-0.2, 0) is 4.74 Å².